The second-order valence-electron chi connectivity index (χ2n) is 5.43. The summed E-state index contributed by atoms with van der Waals surface area (Å²) >= 11 is 0. The van der Waals surface area contributed by atoms with E-state index in [1.807, 2.05) is 13.8 Å². The predicted molar refractivity (Wildman–Crippen MR) is 82.9 cm³/mol. The summed E-state index contributed by atoms with van der Waals surface area (Å²) < 4.78 is 27.0. The number of carbonyl (C=O) groups is 2. The molecule has 7 heteroatoms. The van der Waals surface area contributed by atoms with E-state index in [2.05, 4.69) is 4.72 Å². The maximum atomic E-state index is 12.2. The molecular weight excluding hydrogens is 304 g/mol. The van der Waals surface area contributed by atoms with Gasteiger partial charge in [0.2, 0.25) is 21.8 Å². The molecule has 0 aromatic heterocycles. The first-order valence-electron chi connectivity index (χ1n) is 7.33. The largest absolute Gasteiger partial charge is 0.274 e. The third-order valence-corrected chi connectivity index (χ3v) is 5.14. The summed E-state index contributed by atoms with van der Waals surface area (Å²) in [6, 6.07) is 5.65. The van der Waals surface area contributed by atoms with Gasteiger partial charge in [-0.1, -0.05) is 13.3 Å². The van der Waals surface area contributed by atoms with Gasteiger partial charge in [-0.3, -0.25) is 14.5 Å². The normalized spacial score (nSPS) is 17.1. The average Bonchev–Trinajstić information content (AvgIpc) is 2.78. The summed E-state index contributed by atoms with van der Waals surface area (Å²) in [6.45, 7) is 3.81. The molecule has 1 atom stereocenters. The molecule has 1 fully saturated rings. The summed E-state index contributed by atoms with van der Waals surface area (Å²) in [4.78, 5) is 24.5. The van der Waals surface area contributed by atoms with Gasteiger partial charge in [0, 0.05) is 18.9 Å². The van der Waals surface area contributed by atoms with Gasteiger partial charge in [-0.05, 0) is 37.6 Å². The Balaban J connectivity index is 2.18. The Morgan fingerprint density at radius 2 is 1.68 bits per heavy atom. The Bertz CT molecular complexity index is 651. The van der Waals surface area contributed by atoms with Crippen LogP contribution in [0.15, 0.2) is 29.2 Å². The van der Waals surface area contributed by atoms with E-state index in [4.69, 9.17) is 0 Å². The van der Waals surface area contributed by atoms with Gasteiger partial charge >= 0.3 is 0 Å². The SMILES string of the molecule is CCCC(C)NS(=O)(=O)c1ccc(N2C(=O)CCC2=O)cc1. The first-order valence-corrected chi connectivity index (χ1v) is 8.81. The first kappa shape index (κ1) is 16.6. The number of carbonyl (C=O) groups excluding carboxylic acids is 2. The van der Waals surface area contributed by atoms with E-state index in [1.54, 1.807) is 0 Å². The third-order valence-electron chi connectivity index (χ3n) is 3.53. The van der Waals surface area contributed by atoms with Crippen molar-refractivity contribution < 1.29 is 18.0 Å². The van der Waals surface area contributed by atoms with Crippen LogP contribution in [0.2, 0.25) is 0 Å². The van der Waals surface area contributed by atoms with Crippen LogP contribution in [-0.4, -0.2) is 26.3 Å². The monoisotopic (exact) mass is 324 g/mol. The Morgan fingerprint density at radius 1 is 1.14 bits per heavy atom. The van der Waals surface area contributed by atoms with Crippen molar-refractivity contribution in [1.29, 1.82) is 0 Å². The molecule has 0 bridgehead atoms. The van der Waals surface area contributed by atoms with E-state index in [0.29, 0.717) is 5.69 Å². The number of sulfonamides is 1. The molecule has 6 nitrogen and oxygen atoms in total. The van der Waals surface area contributed by atoms with Gasteiger partial charge in [-0.25, -0.2) is 13.1 Å². The number of benzene rings is 1. The van der Waals surface area contributed by atoms with Crippen molar-refractivity contribution in [2.45, 2.75) is 50.5 Å². The fourth-order valence-corrected chi connectivity index (χ4v) is 3.74. The topological polar surface area (TPSA) is 83.6 Å². The molecule has 1 unspecified atom stereocenters. The maximum absolute atomic E-state index is 12.2. The minimum Gasteiger partial charge on any atom is -0.274 e. The average molecular weight is 324 g/mol. The molecule has 0 radical (unpaired) electrons. The number of nitrogens with zero attached hydrogens (tertiary/aromatic N) is 1. The minimum absolute atomic E-state index is 0.123. The van der Waals surface area contributed by atoms with E-state index in [9.17, 15) is 18.0 Å². The lowest BCUT2D eigenvalue weighted by Gasteiger charge is -2.16. The molecule has 120 valence electrons. The van der Waals surface area contributed by atoms with Crippen molar-refractivity contribution in [3.63, 3.8) is 0 Å². The van der Waals surface area contributed by atoms with Crippen molar-refractivity contribution in [2.75, 3.05) is 4.90 Å². The molecule has 2 amide bonds. The molecule has 22 heavy (non-hydrogen) atoms. The van der Waals surface area contributed by atoms with Crippen molar-refractivity contribution >= 4 is 27.5 Å². The number of nitrogens with one attached hydrogen (secondary N) is 1. The predicted octanol–water partition coefficient (Wildman–Crippen LogP) is 1.81. The summed E-state index contributed by atoms with van der Waals surface area (Å²) in [6.07, 6.45) is 2.06. The first-order chi connectivity index (χ1) is 10.3. The van der Waals surface area contributed by atoms with E-state index >= 15 is 0 Å². The molecule has 1 aliphatic heterocycles. The molecule has 1 aliphatic rings. The zero-order valence-electron chi connectivity index (χ0n) is 12.7. The van der Waals surface area contributed by atoms with Crippen molar-refractivity contribution in [1.82, 2.24) is 4.72 Å². The highest BCUT2D eigenvalue weighted by Gasteiger charge is 2.30. The van der Waals surface area contributed by atoms with Gasteiger partial charge in [0.15, 0.2) is 0 Å². The Labute approximate surface area is 130 Å². The number of rotatable bonds is 6. The summed E-state index contributed by atoms with van der Waals surface area (Å²) in [5.41, 5.74) is 0.410. The zero-order valence-corrected chi connectivity index (χ0v) is 13.5. The van der Waals surface area contributed by atoms with Crippen molar-refractivity contribution in [3.05, 3.63) is 24.3 Å². The summed E-state index contributed by atoms with van der Waals surface area (Å²) in [7, 11) is -3.59. The molecule has 0 spiro atoms. The lowest BCUT2D eigenvalue weighted by Crippen LogP contribution is -2.32. The lowest BCUT2D eigenvalue weighted by molar-refractivity contribution is -0.121. The maximum Gasteiger partial charge on any atom is 0.240 e. The highest BCUT2D eigenvalue weighted by Crippen LogP contribution is 2.24. The quantitative estimate of drug-likeness (QED) is 0.809. The molecule has 0 aliphatic carbocycles. The van der Waals surface area contributed by atoms with Crippen molar-refractivity contribution in [2.24, 2.45) is 0 Å². The number of imide groups is 1. The van der Waals surface area contributed by atoms with Crippen LogP contribution in [0.1, 0.15) is 39.5 Å². The molecule has 1 aromatic rings. The van der Waals surface area contributed by atoms with Crippen LogP contribution in [0.25, 0.3) is 0 Å². The molecule has 1 N–H and O–H groups in total. The fraction of sp³-hybridized carbons (Fsp3) is 0.467. The van der Waals surface area contributed by atoms with Crippen LogP contribution in [-0.2, 0) is 19.6 Å². The van der Waals surface area contributed by atoms with E-state index in [1.165, 1.54) is 24.3 Å². The van der Waals surface area contributed by atoms with Crippen LogP contribution in [0.4, 0.5) is 5.69 Å². The van der Waals surface area contributed by atoms with Crippen molar-refractivity contribution in [3.8, 4) is 0 Å². The van der Waals surface area contributed by atoms with Gasteiger partial charge in [-0.2, -0.15) is 0 Å². The zero-order chi connectivity index (χ0) is 16.3. The van der Waals surface area contributed by atoms with Crippen LogP contribution in [0, 0.1) is 0 Å². The second-order valence-corrected chi connectivity index (χ2v) is 7.14. The summed E-state index contributed by atoms with van der Waals surface area (Å²) in [5.74, 6) is -0.509. The lowest BCUT2D eigenvalue weighted by atomic mass is 10.2. The van der Waals surface area contributed by atoms with Gasteiger partial charge < -0.3 is 0 Å². The number of hydrogen-bond acceptors (Lipinski definition) is 4. The molecule has 1 saturated heterocycles. The van der Waals surface area contributed by atoms with Gasteiger partial charge in [0.1, 0.15) is 0 Å². The van der Waals surface area contributed by atoms with Crippen LogP contribution >= 0.6 is 0 Å². The van der Waals surface area contributed by atoms with Gasteiger partial charge in [0.25, 0.3) is 0 Å². The van der Waals surface area contributed by atoms with Crippen LogP contribution in [0.3, 0.4) is 0 Å². The minimum atomic E-state index is -3.59. The van der Waals surface area contributed by atoms with Crippen LogP contribution in [0.5, 0.6) is 0 Å². The Kier molecular flexibility index (Phi) is 4.97. The molecule has 1 aromatic carbocycles. The highest BCUT2D eigenvalue weighted by atomic mass is 32.2. The van der Waals surface area contributed by atoms with Gasteiger partial charge in [-0.15, -0.1) is 0 Å². The van der Waals surface area contributed by atoms with Gasteiger partial charge in [0.05, 0.1) is 10.6 Å². The number of anilines is 1. The number of amides is 2. The van der Waals surface area contributed by atoms with Crippen LogP contribution < -0.4 is 9.62 Å². The van der Waals surface area contributed by atoms with E-state index in [-0.39, 0.29) is 35.6 Å². The molecule has 2 rings (SSSR count). The standard InChI is InChI=1S/C15H20N2O4S/c1-3-4-11(2)16-22(20,21)13-7-5-12(6-8-13)17-14(18)9-10-15(17)19/h5-8,11,16H,3-4,9-10H2,1-2H3. The third kappa shape index (κ3) is 3.53. The van der Waals surface area contributed by atoms with E-state index < -0.39 is 10.0 Å². The molecule has 1 heterocycles. The second kappa shape index (κ2) is 6.58. The smallest absolute Gasteiger partial charge is 0.240 e. The van der Waals surface area contributed by atoms with E-state index in [0.717, 1.165) is 17.7 Å². The highest BCUT2D eigenvalue weighted by molar-refractivity contribution is 7.89. The Morgan fingerprint density at radius 3 is 2.18 bits per heavy atom. The Hall–Kier alpha value is -1.73. The molecular formula is C15H20N2O4S. The number of hydrogen-bond donors (Lipinski definition) is 1. The summed E-state index contributed by atoms with van der Waals surface area (Å²) in [5, 5.41) is 0. The molecule has 0 saturated carbocycles. The fourth-order valence-electron chi connectivity index (χ4n) is 2.46.